The highest BCUT2D eigenvalue weighted by Gasteiger charge is 2.18. The second kappa shape index (κ2) is 10.2. The molecule has 0 aliphatic carbocycles. The molecule has 1 aromatic heterocycles. The Morgan fingerprint density at radius 3 is 2.39 bits per heavy atom. The van der Waals surface area contributed by atoms with Crippen molar-refractivity contribution in [2.45, 2.75) is 27.3 Å². The fourth-order valence-electron chi connectivity index (χ4n) is 2.89. The molecule has 0 radical (unpaired) electrons. The summed E-state index contributed by atoms with van der Waals surface area (Å²) in [6, 6.07) is 14.2. The fraction of sp³-hybridized carbons (Fsp3) is 0.273. The standard InChI is InChI=1S/C22H25N5O4/c1-4-30-17-12-10-16(11-13-17)23-22(29)21-15(3)27(26-25-21)14-20(28)24-18-8-6-7-9-19(18)31-5-2/h6-13H,4-5,14H2,1-3H3,(H,23,29)(H,24,28). The molecule has 2 aromatic carbocycles. The van der Waals surface area contributed by atoms with Crippen LogP contribution in [0, 0.1) is 6.92 Å². The zero-order valence-electron chi connectivity index (χ0n) is 17.7. The lowest BCUT2D eigenvalue weighted by Gasteiger charge is -2.11. The van der Waals surface area contributed by atoms with Crippen LogP contribution in [-0.2, 0) is 11.3 Å². The third-order valence-electron chi connectivity index (χ3n) is 4.38. The van der Waals surface area contributed by atoms with Crippen LogP contribution in [0.1, 0.15) is 30.0 Å². The molecule has 9 nitrogen and oxygen atoms in total. The molecule has 0 bridgehead atoms. The first-order chi connectivity index (χ1) is 15.0. The van der Waals surface area contributed by atoms with Crippen molar-refractivity contribution < 1.29 is 19.1 Å². The molecule has 0 aliphatic rings. The molecule has 1 heterocycles. The van der Waals surface area contributed by atoms with E-state index in [4.69, 9.17) is 9.47 Å². The van der Waals surface area contributed by atoms with Crippen molar-refractivity contribution in [1.29, 1.82) is 0 Å². The van der Waals surface area contributed by atoms with Gasteiger partial charge >= 0.3 is 0 Å². The Morgan fingerprint density at radius 2 is 1.68 bits per heavy atom. The van der Waals surface area contributed by atoms with Crippen LogP contribution in [0.25, 0.3) is 0 Å². The van der Waals surface area contributed by atoms with Crippen LogP contribution in [-0.4, -0.2) is 40.0 Å². The van der Waals surface area contributed by atoms with Crippen LogP contribution in [0.2, 0.25) is 0 Å². The van der Waals surface area contributed by atoms with E-state index in [1.165, 1.54) is 4.68 Å². The van der Waals surface area contributed by atoms with Crippen molar-refractivity contribution in [2.24, 2.45) is 0 Å². The van der Waals surface area contributed by atoms with Crippen LogP contribution < -0.4 is 20.1 Å². The first kappa shape index (κ1) is 21.8. The third-order valence-corrected chi connectivity index (χ3v) is 4.38. The van der Waals surface area contributed by atoms with E-state index in [-0.39, 0.29) is 18.1 Å². The maximum atomic E-state index is 12.6. The maximum Gasteiger partial charge on any atom is 0.278 e. The van der Waals surface area contributed by atoms with Crippen LogP contribution in [0.15, 0.2) is 48.5 Å². The molecule has 0 aliphatic heterocycles. The van der Waals surface area contributed by atoms with Crippen molar-refractivity contribution in [1.82, 2.24) is 15.0 Å². The van der Waals surface area contributed by atoms with Gasteiger partial charge in [-0.1, -0.05) is 17.3 Å². The lowest BCUT2D eigenvalue weighted by Crippen LogP contribution is -2.21. The minimum atomic E-state index is -0.407. The molecule has 9 heteroatoms. The summed E-state index contributed by atoms with van der Waals surface area (Å²) >= 11 is 0. The monoisotopic (exact) mass is 423 g/mol. The Hall–Kier alpha value is -3.88. The normalized spacial score (nSPS) is 10.4. The summed E-state index contributed by atoms with van der Waals surface area (Å²) in [5.41, 5.74) is 1.81. The number of aromatic nitrogens is 3. The molecule has 3 aromatic rings. The predicted octanol–water partition coefficient (Wildman–Crippen LogP) is 3.27. The predicted molar refractivity (Wildman–Crippen MR) is 117 cm³/mol. The van der Waals surface area contributed by atoms with Gasteiger partial charge < -0.3 is 20.1 Å². The van der Waals surface area contributed by atoms with Gasteiger partial charge in [-0.3, -0.25) is 9.59 Å². The highest BCUT2D eigenvalue weighted by Crippen LogP contribution is 2.23. The molecule has 2 N–H and O–H groups in total. The Labute approximate surface area is 180 Å². The lowest BCUT2D eigenvalue weighted by atomic mass is 10.2. The summed E-state index contributed by atoms with van der Waals surface area (Å²) in [5, 5.41) is 13.5. The average molecular weight is 423 g/mol. The quantitative estimate of drug-likeness (QED) is 0.547. The molecule has 3 rings (SSSR count). The minimum absolute atomic E-state index is 0.0877. The number of nitrogens with one attached hydrogen (secondary N) is 2. The van der Waals surface area contributed by atoms with Crippen molar-refractivity contribution in [3.63, 3.8) is 0 Å². The van der Waals surface area contributed by atoms with E-state index in [1.807, 2.05) is 26.0 Å². The van der Waals surface area contributed by atoms with Gasteiger partial charge in [0.15, 0.2) is 5.69 Å². The van der Waals surface area contributed by atoms with Crippen LogP contribution in [0.4, 0.5) is 11.4 Å². The van der Waals surface area contributed by atoms with Crippen LogP contribution in [0.5, 0.6) is 11.5 Å². The van der Waals surface area contributed by atoms with Gasteiger partial charge in [0.25, 0.3) is 5.91 Å². The van der Waals surface area contributed by atoms with Crippen LogP contribution >= 0.6 is 0 Å². The second-order valence-corrected chi connectivity index (χ2v) is 6.57. The summed E-state index contributed by atoms with van der Waals surface area (Å²) in [6.45, 7) is 6.43. The number of hydrogen-bond donors (Lipinski definition) is 2. The molecule has 162 valence electrons. The number of carbonyl (C=O) groups excluding carboxylic acids is 2. The largest absolute Gasteiger partial charge is 0.494 e. The molecule has 2 amide bonds. The molecule has 0 saturated carbocycles. The highest BCUT2D eigenvalue weighted by atomic mass is 16.5. The van der Waals surface area contributed by atoms with Crippen molar-refractivity contribution >= 4 is 23.2 Å². The Morgan fingerprint density at radius 1 is 0.968 bits per heavy atom. The van der Waals surface area contributed by atoms with E-state index in [2.05, 4.69) is 20.9 Å². The highest BCUT2D eigenvalue weighted by molar-refractivity contribution is 6.03. The smallest absolute Gasteiger partial charge is 0.278 e. The van der Waals surface area contributed by atoms with Gasteiger partial charge in [-0.15, -0.1) is 5.10 Å². The average Bonchev–Trinajstić information content (AvgIpc) is 3.11. The van der Waals surface area contributed by atoms with Crippen molar-refractivity contribution in [3.05, 3.63) is 59.9 Å². The number of hydrogen-bond acceptors (Lipinski definition) is 6. The van der Waals surface area contributed by atoms with Gasteiger partial charge in [0.1, 0.15) is 18.0 Å². The first-order valence-electron chi connectivity index (χ1n) is 9.97. The number of para-hydroxylation sites is 2. The number of anilines is 2. The summed E-state index contributed by atoms with van der Waals surface area (Å²) in [6.07, 6.45) is 0. The van der Waals surface area contributed by atoms with Gasteiger partial charge in [0.2, 0.25) is 5.91 Å². The number of nitrogens with zero attached hydrogens (tertiary/aromatic N) is 3. The number of ether oxygens (including phenoxy) is 2. The van der Waals surface area contributed by atoms with Gasteiger partial charge in [-0.05, 0) is 57.2 Å². The van der Waals surface area contributed by atoms with E-state index < -0.39 is 5.91 Å². The number of benzene rings is 2. The molecule has 0 fully saturated rings. The molecule has 0 saturated heterocycles. The summed E-state index contributed by atoms with van der Waals surface area (Å²) < 4.78 is 12.3. The van der Waals surface area contributed by atoms with E-state index in [9.17, 15) is 9.59 Å². The van der Waals surface area contributed by atoms with E-state index in [0.29, 0.717) is 36.0 Å². The SMILES string of the molecule is CCOc1ccc(NC(=O)c2nnn(CC(=O)Nc3ccccc3OCC)c2C)cc1. The Bertz CT molecular complexity index is 1050. The topological polar surface area (TPSA) is 107 Å². The van der Waals surface area contributed by atoms with E-state index in [1.54, 1.807) is 43.3 Å². The lowest BCUT2D eigenvalue weighted by molar-refractivity contribution is -0.117. The molecule has 0 atom stereocenters. The molecule has 0 spiro atoms. The Balaban J connectivity index is 1.64. The Kier molecular flexibility index (Phi) is 7.21. The van der Waals surface area contributed by atoms with E-state index >= 15 is 0 Å². The second-order valence-electron chi connectivity index (χ2n) is 6.57. The summed E-state index contributed by atoms with van der Waals surface area (Å²) in [5.74, 6) is 0.595. The number of carbonyl (C=O) groups is 2. The molecule has 0 unspecified atom stereocenters. The molecule has 31 heavy (non-hydrogen) atoms. The zero-order valence-corrected chi connectivity index (χ0v) is 17.7. The summed E-state index contributed by atoms with van der Waals surface area (Å²) in [7, 11) is 0. The third kappa shape index (κ3) is 5.59. The van der Waals surface area contributed by atoms with Crippen molar-refractivity contribution in [2.75, 3.05) is 23.8 Å². The van der Waals surface area contributed by atoms with Crippen LogP contribution in [0.3, 0.4) is 0 Å². The molecular formula is C22H25N5O4. The van der Waals surface area contributed by atoms with E-state index in [0.717, 1.165) is 5.75 Å². The minimum Gasteiger partial charge on any atom is -0.494 e. The van der Waals surface area contributed by atoms with Gasteiger partial charge in [-0.25, -0.2) is 4.68 Å². The van der Waals surface area contributed by atoms with Gasteiger partial charge in [0, 0.05) is 5.69 Å². The van der Waals surface area contributed by atoms with Crippen molar-refractivity contribution in [3.8, 4) is 11.5 Å². The first-order valence-corrected chi connectivity index (χ1v) is 9.97. The molecular weight excluding hydrogens is 398 g/mol. The number of rotatable bonds is 9. The summed E-state index contributed by atoms with van der Waals surface area (Å²) in [4.78, 5) is 25.1. The van der Waals surface area contributed by atoms with Gasteiger partial charge in [-0.2, -0.15) is 0 Å². The zero-order chi connectivity index (χ0) is 22.2. The van der Waals surface area contributed by atoms with Gasteiger partial charge in [0.05, 0.1) is 24.6 Å². The maximum absolute atomic E-state index is 12.6. The fourth-order valence-corrected chi connectivity index (χ4v) is 2.89. The number of amides is 2.